The smallest absolute Gasteiger partial charge is 0.379 e. The molecule has 41 heavy (non-hydrogen) atoms. The number of Topliss-reactive ketones (excluding diaryl/α,β-unsaturated/α-hetero) is 1. The zero-order chi connectivity index (χ0) is 31.6. The van der Waals surface area contributed by atoms with Gasteiger partial charge in [0, 0.05) is 39.6 Å². The van der Waals surface area contributed by atoms with E-state index in [1.165, 1.54) is 12.2 Å². The van der Waals surface area contributed by atoms with Gasteiger partial charge >= 0.3 is 30.3 Å². The molecule has 0 rings (SSSR count). The number of ether oxygens (including phenoxy) is 6. The number of hydrogen-bond acceptors (Lipinski definition) is 9. The molecule has 0 radical (unpaired) electrons. The first kappa shape index (κ1) is 38.8. The second-order valence-electron chi connectivity index (χ2n) is 7.99. The molecule has 0 spiro atoms. The van der Waals surface area contributed by atoms with Crippen molar-refractivity contribution in [1.29, 1.82) is 0 Å². The van der Waals surface area contributed by atoms with Crippen LogP contribution in [0.5, 0.6) is 0 Å². The monoisotopic (exact) mass is 622 g/mol. The van der Waals surface area contributed by atoms with Gasteiger partial charge in [-0.3, -0.25) is 14.4 Å². The van der Waals surface area contributed by atoms with Crippen LogP contribution < -0.4 is 10.6 Å². The maximum atomic E-state index is 13.7. The van der Waals surface area contributed by atoms with Gasteiger partial charge in [0.1, 0.15) is 0 Å². The van der Waals surface area contributed by atoms with Crippen molar-refractivity contribution in [3.05, 3.63) is 0 Å². The van der Waals surface area contributed by atoms with E-state index >= 15 is 0 Å². The molecule has 11 nitrogen and oxygen atoms in total. The highest BCUT2D eigenvalue weighted by Crippen LogP contribution is 2.43. The van der Waals surface area contributed by atoms with Gasteiger partial charge in [-0.25, -0.2) is 9.47 Å². The van der Waals surface area contributed by atoms with E-state index in [0.717, 1.165) is 6.42 Å². The largest absolute Gasteiger partial charge is 0.453 e. The fourth-order valence-corrected chi connectivity index (χ4v) is 2.45. The summed E-state index contributed by atoms with van der Waals surface area (Å²) in [6, 6.07) is 0. The number of nitrogens with one attached hydrogen (secondary N) is 2. The van der Waals surface area contributed by atoms with Gasteiger partial charge in [0.05, 0.1) is 39.6 Å². The summed E-state index contributed by atoms with van der Waals surface area (Å²) in [7, 11) is 0. The van der Waals surface area contributed by atoms with Gasteiger partial charge in [-0.2, -0.15) is 35.1 Å². The van der Waals surface area contributed by atoms with Crippen molar-refractivity contribution < 1.29 is 77.9 Å². The Kier molecular flexibility index (Phi) is 18.1. The van der Waals surface area contributed by atoms with E-state index in [-0.39, 0.29) is 52.1 Å². The van der Waals surface area contributed by atoms with Gasteiger partial charge in [0.25, 0.3) is 0 Å². The van der Waals surface area contributed by atoms with Crippen molar-refractivity contribution in [2.24, 2.45) is 0 Å². The van der Waals surface area contributed by atoms with Crippen LogP contribution in [0, 0.1) is 0 Å². The van der Waals surface area contributed by atoms with Crippen LogP contribution >= 0.6 is 0 Å². The first-order chi connectivity index (χ1) is 19.0. The Morgan fingerprint density at radius 1 is 0.610 bits per heavy atom. The Bertz CT molecular complexity index is 792. The van der Waals surface area contributed by atoms with Crippen molar-refractivity contribution in [3.8, 4) is 0 Å². The molecule has 0 aromatic heterocycles. The average Bonchev–Trinajstić information content (AvgIpc) is 2.84. The van der Waals surface area contributed by atoms with Crippen molar-refractivity contribution in [2.45, 2.75) is 57.5 Å². The summed E-state index contributed by atoms with van der Waals surface area (Å²) in [6.07, 6.45) is -25.0. The van der Waals surface area contributed by atoms with Crippen LogP contribution in [-0.2, 0) is 42.8 Å². The number of alkyl halides is 8. The second-order valence-corrected chi connectivity index (χ2v) is 7.99. The number of halogens is 8. The standard InChI is InChI=1S/C22H34F8N2O9/c1-3-8-36-12-13-37-9-4-5-17(34)19(23,24)40-21(27,28)22(29,30)41-20(25,26)18(35)32-7-11-39-15-14-38-10-6-31-16(2)33/h3-15H2,1-2H3,(H,31,33)(H,32,35). The number of rotatable bonds is 25. The quantitative estimate of drug-likeness (QED) is 0.117. The van der Waals surface area contributed by atoms with Gasteiger partial charge in [0.15, 0.2) is 0 Å². The first-order valence-electron chi connectivity index (χ1n) is 12.3. The highest BCUT2D eigenvalue weighted by Gasteiger charge is 2.69. The molecular formula is C22H34F8N2O9. The molecule has 0 heterocycles. The number of hydrogen-bond donors (Lipinski definition) is 2. The maximum absolute atomic E-state index is 13.7. The molecule has 0 aliphatic carbocycles. The summed E-state index contributed by atoms with van der Waals surface area (Å²) < 4.78 is 135. The van der Waals surface area contributed by atoms with Crippen LogP contribution in [0.15, 0.2) is 0 Å². The molecule has 242 valence electrons. The van der Waals surface area contributed by atoms with Gasteiger partial charge in [-0.1, -0.05) is 6.92 Å². The van der Waals surface area contributed by atoms with Crippen molar-refractivity contribution in [3.63, 3.8) is 0 Å². The predicted molar refractivity (Wildman–Crippen MR) is 121 cm³/mol. The summed E-state index contributed by atoms with van der Waals surface area (Å²) in [6.45, 7) is 2.59. The summed E-state index contributed by atoms with van der Waals surface area (Å²) in [4.78, 5) is 33.6. The van der Waals surface area contributed by atoms with Gasteiger partial charge in [-0.05, 0) is 12.8 Å². The minimum atomic E-state index is -6.48. The van der Waals surface area contributed by atoms with Crippen LogP contribution in [0.4, 0.5) is 35.1 Å². The molecular weight excluding hydrogens is 588 g/mol. The second kappa shape index (κ2) is 19.1. The third kappa shape index (κ3) is 16.7. The molecule has 0 aliphatic rings. The number of carbonyl (C=O) groups is 3. The first-order valence-corrected chi connectivity index (χ1v) is 12.3. The fraction of sp³-hybridized carbons (Fsp3) is 0.864. The van der Waals surface area contributed by atoms with Crippen molar-refractivity contribution >= 4 is 17.6 Å². The Balaban J connectivity index is 4.57. The molecule has 0 bridgehead atoms. The topological polar surface area (TPSA) is 131 Å². The number of ketones is 1. The lowest BCUT2D eigenvalue weighted by atomic mass is 10.2. The molecule has 0 aromatic carbocycles. The van der Waals surface area contributed by atoms with Crippen molar-refractivity contribution in [2.75, 3.05) is 65.9 Å². The van der Waals surface area contributed by atoms with E-state index in [4.69, 9.17) is 18.9 Å². The van der Waals surface area contributed by atoms with Crippen LogP contribution in [0.25, 0.3) is 0 Å². The third-order valence-corrected chi connectivity index (χ3v) is 4.38. The lowest BCUT2D eigenvalue weighted by Crippen LogP contribution is -2.56. The molecule has 0 aromatic rings. The summed E-state index contributed by atoms with van der Waals surface area (Å²) in [5.41, 5.74) is 0. The summed E-state index contributed by atoms with van der Waals surface area (Å²) in [5.74, 6) is -5.26. The van der Waals surface area contributed by atoms with Gasteiger partial charge in [-0.15, -0.1) is 0 Å². The SMILES string of the molecule is CCCOCCOCCCC(=O)C(F)(F)OC(F)(F)C(F)(F)OC(F)(F)C(=O)NCCOCCOCCNC(C)=O. The Morgan fingerprint density at radius 3 is 1.54 bits per heavy atom. The average molecular weight is 623 g/mol. The molecule has 2 N–H and O–H groups in total. The van der Waals surface area contributed by atoms with Crippen LogP contribution in [0.3, 0.4) is 0 Å². The van der Waals surface area contributed by atoms with E-state index in [1.807, 2.05) is 6.92 Å². The number of amides is 2. The highest BCUT2D eigenvalue weighted by molar-refractivity contribution is 5.84. The van der Waals surface area contributed by atoms with E-state index in [9.17, 15) is 49.5 Å². The molecule has 0 unspecified atom stereocenters. The van der Waals surface area contributed by atoms with E-state index in [2.05, 4.69) is 14.8 Å². The Morgan fingerprint density at radius 2 is 1.05 bits per heavy atom. The summed E-state index contributed by atoms with van der Waals surface area (Å²) >= 11 is 0. The molecule has 0 saturated carbocycles. The Labute approximate surface area is 230 Å². The minimum Gasteiger partial charge on any atom is -0.379 e. The molecule has 0 atom stereocenters. The van der Waals surface area contributed by atoms with Gasteiger partial charge in [0.2, 0.25) is 11.7 Å². The predicted octanol–water partition coefficient (Wildman–Crippen LogP) is 2.47. The zero-order valence-electron chi connectivity index (χ0n) is 22.4. The molecule has 2 amide bonds. The normalized spacial score (nSPS) is 12.8. The van der Waals surface area contributed by atoms with E-state index in [0.29, 0.717) is 6.61 Å². The number of carbonyl (C=O) groups excluding carboxylic acids is 3. The Hall–Kier alpha value is -2.19. The third-order valence-electron chi connectivity index (χ3n) is 4.38. The van der Waals surface area contributed by atoms with Crippen molar-refractivity contribution in [1.82, 2.24) is 10.6 Å². The minimum absolute atomic E-state index is 0.00355. The lowest BCUT2D eigenvalue weighted by molar-refractivity contribution is -0.499. The molecule has 0 saturated heterocycles. The van der Waals surface area contributed by atoms with E-state index in [1.54, 1.807) is 0 Å². The molecule has 0 aliphatic heterocycles. The van der Waals surface area contributed by atoms with Gasteiger partial charge < -0.3 is 29.6 Å². The maximum Gasteiger partial charge on any atom is 0.453 e. The molecule has 19 heteroatoms. The fourth-order valence-electron chi connectivity index (χ4n) is 2.45. The van der Waals surface area contributed by atoms with Crippen LogP contribution in [0.1, 0.15) is 33.1 Å². The molecule has 0 fully saturated rings. The zero-order valence-corrected chi connectivity index (χ0v) is 22.4. The highest BCUT2D eigenvalue weighted by atomic mass is 19.3. The lowest BCUT2D eigenvalue weighted by Gasteiger charge is -2.30. The van der Waals surface area contributed by atoms with E-state index < -0.39 is 62.1 Å². The van der Waals surface area contributed by atoms with Crippen LogP contribution in [0.2, 0.25) is 0 Å². The summed E-state index contributed by atoms with van der Waals surface area (Å²) in [5, 5.41) is 3.81. The van der Waals surface area contributed by atoms with Crippen LogP contribution in [-0.4, -0.2) is 108 Å².